The Morgan fingerprint density at radius 1 is 1.26 bits per heavy atom. The van der Waals surface area contributed by atoms with Gasteiger partial charge in [0.15, 0.2) is 9.84 Å². The van der Waals surface area contributed by atoms with Crippen LogP contribution in [0.4, 0.5) is 0 Å². The number of nitrogens with zero attached hydrogens (tertiary/aromatic N) is 1. The first kappa shape index (κ1) is 17.2. The monoisotopic (exact) mass is 336 g/mol. The third kappa shape index (κ3) is 4.66. The molecular formula is C16H20N2O4S. The number of hydrogen-bond acceptors (Lipinski definition) is 4. The van der Waals surface area contributed by atoms with Gasteiger partial charge in [-0.05, 0) is 18.1 Å². The molecule has 1 saturated heterocycles. The molecule has 6 nitrogen and oxygen atoms in total. The molecule has 1 aliphatic heterocycles. The van der Waals surface area contributed by atoms with Gasteiger partial charge in [-0.15, -0.1) is 0 Å². The molecule has 2 rings (SSSR count). The summed E-state index contributed by atoms with van der Waals surface area (Å²) in [7, 11) is -1.52. The highest BCUT2D eigenvalue weighted by Gasteiger charge is 2.33. The first-order valence-corrected chi connectivity index (χ1v) is 9.12. The summed E-state index contributed by atoms with van der Waals surface area (Å²) in [5, 5.41) is 2.53. The minimum atomic E-state index is -3.08. The first-order chi connectivity index (χ1) is 10.8. The van der Waals surface area contributed by atoms with Crippen LogP contribution in [0.15, 0.2) is 36.0 Å². The zero-order valence-corrected chi connectivity index (χ0v) is 14.0. The lowest BCUT2D eigenvalue weighted by molar-refractivity contribution is -0.129. The number of amides is 2. The van der Waals surface area contributed by atoms with Crippen molar-refractivity contribution in [3.63, 3.8) is 0 Å². The number of carbonyl (C=O) groups excluding carboxylic acids is 2. The summed E-state index contributed by atoms with van der Waals surface area (Å²) >= 11 is 0. The molecular weight excluding hydrogens is 316 g/mol. The minimum absolute atomic E-state index is 0.0338. The molecule has 1 heterocycles. The Hall–Kier alpha value is -2.15. The van der Waals surface area contributed by atoms with E-state index < -0.39 is 15.7 Å². The highest BCUT2D eigenvalue weighted by molar-refractivity contribution is 7.91. The van der Waals surface area contributed by atoms with E-state index in [0.29, 0.717) is 6.42 Å². The molecule has 1 unspecified atom stereocenters. The topological polar surface area (TPSA) is 83.6 Å². The zero-order valence-electron chi connectivity index (χ0n) is 13.2. The molecule has 23 heavy (non-hydrogen) atoms. The van der Waals surface area contributed by atoms with Crippen molar-refractivity contribution in [1.82, 2.24) is 10.2 Å². The highest BCUT2D eigenvalue weighted by atomic mass is 32.2. The molecule has 1 fully saturated rings. The van der Waals surface area contributed by atoms with Gasteiger partial charge in [0, 0.05) is 20.0 Å². The number of rotatable bonds is 4. The van der Waals surface area contributed by atoms with Gasteiger partial charge in [0.1, 0.15) is 5.70 Å². The maximum Gasteiger partial charge on any atom is 0.270 e. The van der Waals surface area contributed by atoms with Crippen LogP contribution in [0.3, 0.4) is 0 Å². The lowest BCUT2D eigenvalue weighted by Crippen LogP contribution is -2.42. The predicted molar refractivity (Wildman–Crippen MR) is 88.1 cm³/mol. The van der Waals surface area contributed by atoms with Crippen molar-refractivity contribution in [2.24, 2.45) is 0 Å². The Morgan fingerprint density at radius 3 is 2.43 bits per heavy atom. The third-order valence-electron chi connectivity index (χ3n) is 3.73. The standard InChI is InChI=1S/C16H20N2O4S/c1-12(19)17-15(10-13-6-4-3-5-7-13)16(20)18(2)14-8-9-23(21,22)11-14/h3-7,10,14H,8-9,11H2,1-2H3,(H,17,19). The molecule has 1 atom stereocenters. The van der Waals surface area contributed by atoms with Gasteiger partial charge >= 0.3 is 0 Å². The quantitative estimate of drug-likeness (QED) is 0.825. The molecule has 0 saturated carbocycles. The Labute approximate surface area is 136 Å². The number of carbonyl (C=O) groups is 2. The van der Waals surface area contributed by atoms with Crippen molar-refractivity contribution >= 4 is 27.7 Å². The normalized spacial score (nSPS) is 20.1. The van der Waals surface area contributed by atoms with E-state index >= 15 is 0 Å². The molecule has 1 aromatic carbocycles. The van der Waals surface area contributed by atoms with Crippen LogP contribution in [0.5, 0.6) is 0 Å². The van der Waals surface area contributed by atoms with Crippen LogP contribution in [0.25, 0.3) is 6.08 Å². The van der Waals surface area contributed by atoms with Gasteiger partial charge in [-0.2, -0.15) is 0 Å². The Bertz CT molecular complexity index is 726. The Balaban J connectivity index is 2.23. The fraction of sp³-hybridized carbons (Fsp3) is 0.375. The summed E-state index contributed by atoms with van der Waals surface area (Å²) in [6.45, 7) is 1.33. The van der Waals surface area contributed by atoms with E-state index in [1.54, 1.807) is 13.1 Å². The summed E-state index contributed by atoms with van der Waals surface area (Å²) in [4.78, 5) is 25.4. The van der Waals surface area contributed by atoms with E-state index in [0.717, 1.165) is 5.56 Å². The minimum Gasteiger partial charge on any atom is -0.336 e. The SMILES string of the molecule is CC(=O)NC(=Cc1ccccc1)C(=O)N(C)C1CCS(=O)(=O)C1. The summed E-state index contributed by atoms with van der Waals surface area (Å²) in [6, 6.07) is 8.78. The van der Waals surface area contributed by atoms with Crippen LogP contribution >= 0.6 is 0 Å². The van der Waals surface area contributed by atoms with Crippen LogP contribution in [-0.4, -0.2) is 49.7 Å². The molecule has 7 heteroatoms. The summed E-state index contributed by atoms with van der Waals surface area (Å²) in [5.74, 6) is -0.694. The molecule has 1 aliphatic rings. The number of likely N-dealkylation sites (N-methyl/N-ethyl adjacent to an activating group) is 1. The van der Waals surface area contributed by atoms with Crippen molar-refractivity contribution in [3.8, 4) is 0 Å². The molecule has 124 valence electrons. The Morgan fingerprint density at radius 2 is 1.91 bits per heavy atom. The van der Waals surface area contributed by atoms with Crippen LogP contribution in [0, 0.1) is 0 Å². The lowest BCUT2D eigenvalue weighted by atomic mass is 10.1. The van der Waals surface area contributed by atoms with Crippen LogP contribution in [0.2, 0.25) is 0 Å². The van der Waals surface area contributed by atoms with Crippen molar-refractivity contribution < 1.29 is 18.0 Å². The van der Waals surface area contributed by atoms with E-state index in [9.17, 15) is 18.0 Å². The maximum absolute atomic E-state index is 12.6. The van der Waals surface area contributed by atoms with Gasteiger partial charge in [0.05, 0.1) is 11.5 Å². The van der Waals surface area contributed by atoms with E-state index in [4.69, 9.17) is 0 Å². The number of hydrogen-bond donors (Lipinski definition) is 1. The van der Waals surface area contributed by atoms with Gasteiger partial charge in [-0.1, -0.05) is 30.3 Å². The number of benzene rings is 1. The predicted octanol–water partition coefficient (Wildman–Crippen LogP) is 0.809. The van der Waals surface area contributed by atoms with E-state index in [1.807, 2.05) is 30.3 Å². The third-order valence-corrected chi connectivity index (χ3v) is 5.48. The molecule has 0 bridgehead atoms. The van der Waals surface area contributed by atoms with Crippen molar-refractivity contribution in [2.45, 2.75) is 19.4 Å². The van der Waals surface area contributed by atoms with Gasteiger partial charge in [0.25, 0.3) is 5.91 Å². The molecule has 2 amide bonds. The Kier molecular flexibility index (Phi) is 5.20. The first-order valence-electron chi connectivity index (χ1n) is 7.30. The summed E-state index contributed by atoms with van der Waals surface area (Å²) in [6.07, 6.45) is 2.01. The summed E-state index contributed by atoms with van der Waals surface area (Å²) < 4.78 is 23.2. The van der Waals surface area contributed by atoms with Crippen LogP contribution < -0.4 is 5.32 Å². The second-order valence-electron chi connectivity index (χ2n) is 5.62. The van der Waals surface area contributed by atoms with Crippen molar-refractivity contribution in [3.05, 3.63) is 41.6 Å². The molecule has 0 spiro atoms. The van der Waals surface area contributed by atoms with E-state index in [-0.39, 0.29) is 29.2 Å². The van der Waals surface area contributed by atoms with Crippen molar-refractivity contribution in [2.75, 3.05) is 18.6 Å². The zero-order chi connectivity index (χ0) is 17.0. The average Bonchev–Trinajstić information content (AvgIpc) is 2.86. The number of nitrogens with one attached hydrogen (secondary N) is 1. The fourth-order valence-electron chi connectivity index (χ4n) is 2.49. The second-order valence-corrected chi connectivity index (χ2v) is 7.85. The molecule has 1 N–H and O–H groups in total. The van der Waals surface area contributed by atoms with E-state index in [1.165, 1.54) is 11.8 Å². The van der Waals surface area contributed by atoms with Gasteiger partial charge in [-0.3, -0.25) is 9.59 Å². The van der Waals surface area contributed by atoms with Crippen molar-refractivity contribution in [1.29, 1.82) is 0 Å². The van der Waals surface area contributed by atoms with Gasteiger partial charge in [-0.25, -0.2) is 8.42 Å². The fourth-order valence-corrected chi connectivity index (χ4v) is 4.27. The highest BCUT2D eigenvalue weighted by Crippen LogP contribution is 2.18. The molecule has 1 aromatic rings. The second kappa shape index (κ2) is 6.95. The summed E-state index contributed by atoms with van der Waals surface area (Å²) in [5.41, 5.74) is 0.910. The molecule has 0 aliphatic carbocycles. The maximum atomic E-state index is 12.6. The average molecular weight is 336 g/mol. The van der Waals surface area contributed by atoms with Crippen LogP contribution in [-0.2, 0) is 19.4 Å². The van der Waals surface area contributed by atoms with Crippen LogP contribution in [0.1, 0.15) is 18.9 Å². The largest absolute Gasteiger partial charge is 0.336 e. The molecule has 0 radical (unpaired) electrons. The van der Waals surface area contributed by atoms with Gasteiger partial charge < -0.3 is 10.2 Å². The smallest absolute Gasteiger partial charge is 0.270 e. The lowest BCUT2D eigenvalue weighted by Gasteiger charge is -2.24. The molecule has 0 aromatic heterocycles. The number of sulfone groups is 1. The van der Waals surface area contributed by atoms with E-state index in [2.05, 4.69) is 5.32 Å². The van der Waals surface area contributed by atoms with Gasteiger partial charge in [0.2, 0.25) is 5.91 Å².